The molecule has 0 aliphatic heterocycles. The molecule has 14 aromatic rings. The first-order chi connectivity index (χ1) is 35.2. The zero-order valence-corrected chi connectivity index (χ0v) is 38.7. The molecule has 0 saturated heterocycles. The molecular weight excluding hydrogens is 859 g/mol. The van der Waals surface area contributed by atoms with Gasteiger partial charge in [0.1, 0.15) is 0 Å². The lowest BCUT2D eigenvalue weighted by Gasteiger charge is -2.34. The van der Waals surface area contributed by atoms with E-state index in [0.29, 0.717) is 0 Å². The van der Waals surface area contributed by atoms with Gasteiger partial charge < -0.3 is 9.13 Å². The van der Waals surface area contributed by atoms with Gasteiger partial charge in [-0.15, -0.1) is 0 Å². The highest BCUT2D eigenvalue weighted by molar-refractivity contribution is 6.14. The third kappa shape index (κ3) is 5.75. The molecule has 0 unspecified atom stereocenters. The van der Waals surface area contributed by atoms with E-state index in [4.69, 9.17) is 4.98 Å². The van der Waals surface area contributed by atoms with Crippen LogP contribution in [-0.2, 0) is 5.41 Å². The summed E-state index contributed by atoms with van der Waals surface area (Å²) in [7, 11) is 0. The number of rotatable bonds is 6. The third-order valence-electron chi connectivity index (χ3n) is 15.3. The predicted octanol–water partition coefficient (Wildman–Crippen LogP) is 17.3. The fourth-order valence-electron chi connectivity index (χ4n) is 12.3. The molecule has 0 fully saturated rings. The van der Waals surface area contributed by atoms with Crippen molar-refractivity contribution in [3.63, 3.8) is 0 Å². The average Bonchev–Trinajstić information content (AvgIpc) is 4.07. The van der Waals surface area contributed by atoms with E-state index in [1.165, 1.54) is 82.4 Å². The molecule has 15 rings (SSSR count). The number of aromatic nitrogens is 3. The molecule has 0 saturated carbocycles. The Morgan fingerprint density at radius 1 is 0.282 bits per heavy atom. The van der Waals surface area contributed by atoms with Gasteiger partial charge in [0.25, 0.3) is 0 Å². The molecule has 3 heteroatoms. The molecule has 11 aromatic carbocycles. The SMILES string of the molecule is c1ccc(C2(c3ccccc3)c3ccccc3-c3cc4c(cc32)c(-c2ccc(-c3cc(-n5c6ccccc6c6ccccc65)cc(-n5c6ccccc6c6ccccc65)c3)cc2)nc2ccccc24)cc1. The van der Waals surface area contributed by atoms with Crippen molar-refractivity contribution in [3.05, 3.63) is 283 Å². The molecule has 3 nitrogen and oxygen atoms in total. The Morgan fingerprint density at radius 2 is 0.732 bits per heavy atom. The van der Waals surface area contributed by atoms with Gasteiger partial charge in [0.05, 0.1) is 38.7 Å². The van der Waals surface area contributed by atoms with Crippen LogP contribution in [0.5, 0.6) is 0 Å². The van der Waals surface area contributed by atoms with Gasteiger partial charge in [-0.05, 0) is 111 Å². The summed E-state index contributed by atoms with van der Waals surface area (Å²) in [6.07, 6.45) is 0. The molecule has 1 aliphatic carbocycles. The van der Waals surface area contributed by atoms with Crippen LogP contribution in [0.2, 0.25) is 0 Å². The quantitative estimate of drug-likeness (QED) is 0.152. The Bertz CT molecular complexity index is 4170. The molecule has 0 amide bonds. The monoisotopic (exact) mass is 901 g/mol. The highest BCUT2D eigenvalue weighted by Gasteiger charge is 2.46. The first-order valence-corrected chi connectivity index (χ1v) is 24.5. The lowest BCUT2D eigenvalue weighted by atomic mass is 9.67. The van der Waals surface area contributed by atoms with Crippen LogP contribution >= 0.6 is 0 Å². The minimum Gasteiger partial charge on any atom is -0.309 e. The van der Waals surface area contributed by atoms with Crippen LogP contribution in [0.3, 0.4) is 0 Å². The number of hydrogen-bond acceptors (Lipinski definition) is 1. The Balaban J connectivity index is 0.958. The Labute approximate surface area is 410 Å². The highest BCUT2D eigenvalue weighted by Crippen LogP contribution is 2.57. The summed E-state index contributed by atoms with van der Waals surface area (Å²) >= 11 is 0. The molecule has 3 aromatic heterocycles. The smallest absolute Gasteiger partial charge is 0.0788 e. The molecule has 330 valence electrons. The van der Waals surface area contributed by atoms with Crippen LogP contribution in [-0.4, -0.2) is 14.1 Å². The van der Waals surface area contributed by atoms with Crippen molar-refractivity contribution in [2.45, 2.75) is 5.41 Å². The molecule has 0 radical (unpaired) electrons. The van der Waals surface area contributed by atoms with E-state index in [1.807, 2.05) is 0 Å². The summed E-state index contributed by atoms with van der Waals surface area (Å²) in [4.78, 5) is 5.55. The van der Waals surface area contributed by atoms with Crippen LogP contribution in [0, 0.1) is 0 Å². The van der Waals surface area contributed by atoms with Gasteiger partial charge in [-0.2, -0.15) is 0 Å². The number of hydrogen-bond donors (Lipinski definition) is 0. The van der Waals surface area contributed by atoms with E-state index in [-0.39, 0.29) is 0 Å². The van der Waals surface area contributed by atoms with Crippen molar-refractivity contribution in [1.82, 2.24) is 14.1 Å². The van der Waals surface area contributed by atoms with Gasteiger partial charge in [0.2, 0.25) is 0 Å². The summed E-state index contributed by atoms with van der Waals surface area (Å²) < 4.78 is 4.87. The minimum atomic E-state index is -0.523. The molecule has 3 heterocycles. The van der Waals surface area contributed by atoms with Crippen LogP contribution in [0.25, 0.3) is 110 Å². The number of fused-ring (bicyclic) bond motifs is 12. The van der Waals surface area contributed by atoms with E-state index in [0.717, 1.165) is 50.0 Å². The predicted molar refractivity (Wildman–Crippen MR) is 296 cm³/mol. The van der Waals surface area contributed by atoms with Gasteiger partial charge in [-0.3, -0.25) is 0 Å². The fourth-order valence-corrected chi connectivity index (χ4v) is 12.3. The van der Waals surface area contributed by atoms with Crippen LogP contribution in [0.4, 0.5) is 0 Å². The second-order valence-corrected chi connectivity index (χ2v) is 19.0. The van der Waals surface area contributed by atoms with Crippen molar-refractivity contribution in [3.8, 4) is 44.9 Å². The molecule has 0 spiro atoms. The van der Waals surface area contributed by atoms with Crippen molar-refractivity contribution in [1.29, 1.82) is 0 Å². The van der Waals surface area contributed by atoms with E-state index >= 15 is 0 Å². The lowest BCUT2D eigenvalue weighted by molar-refractivity contribution is 0.769. The summed E-state index contributed by atoms with van der Waals surface area (Å²) in [5, 5.41) is 8.46. The summed E-state index contributed by atoms with van der Waals surface area (Å²) in [6, 6.07) is 96.0. The molecular formula is C68H43N3. The first-order valence-electron chi connectivity index (χ1n) is 24.5. The largest absolute Gasteiger partial charge is 0.309 e. The summed E-state index contributed by atoms with van der Waals surface area (Å²) in [5.41, 5.74) is 19.3. The van der Waals surface area contributed by atoms with E-state index in [2.05, 4.69) is 270 Å². The number of para-hydroxylation sites is 5. The van der Waals surface area contributed by atoms with Gasteiger partial charge >= 0.3 is 0 Å². The topological polar surface area (TPSA) is 22.8 Å². The standard InChI is InChI=1S/C68H43N3/c1-3-19-47(20-4-1)68(48-21-5-2-6-22-48)60-29-13-7-23-51(60)58-42-57-52-24-8-14-30-62(52)69-67(59(57)43-61(58)68)45-37-35-44(36-38-45)46-39-49(70-63-31-15-9-25-53(63)54-26-10-16-32-64(54)70)41-50(40-46)71-65-33-17-11-27-55(65)56-28-12-18-34-66(56)71/h1-43H. The molecule has 1 aliphatic rings. The van der Waals surface area contributed by atoms with Gasteiger partial charge in [0.15, 0.2) is 0 Å². The van der Waals surface area contributed by atoms with Crippen LogP contribution < -0.4 is 0 Å². The normalized spacial score (nSPS) is 12.9. The molecule has 0 atom stereocenters. The molecule has 0 N–H and O–H groups in total. The van der Waals surface area contributed by atoms with E-state index in [1.54, 1.807) is 0 Å². The number of benzene rings is 11. The summed E-state index contributed by atoms with van der Waals surface area (Å²) in [5.74, 6) is 0. The highest BCUT2D eigenvalue weighted by atomic mass is 15.0. The molecule has 71 heavy (non-hydrogen) atoms. The van der Waals surface area contributed by atoms with E-state index < -0.39 is 5.41 Å². The van der Waals surface area contributed by atoms with Crippen LogP contribution in [0.15, 0.2) is 261 Å². The second-order valence-electron chi connectivity index (χ2n) is 19.0. The third-order valence-corrected chi connectivity index (χ3v) is 15.3. The Morgan fingerprint density at radius 3 is 1.28 bits per heavy atom. The Kier molecular flexibility index (Phi) is 8.57. The second kappa shape index (κ2) is 15.3. The lowest BCUT2D eigenvalue weighted by Crippen LogP contribution is -2.28. The summed E-state index contributed by atoms with van der Waals surface area (Å²) in [6.45, 7) is 0. The Hall–Kier alpha value is -9.31. The first kappa shape index (κ1) is 39.7. The van der Waals surface area contributed by atoms with E-state index in [9.17, 15) is 0 Å². The average molecular weight is 902 g/mol. The van der Waals surface area contributed by atoms with Gasteiger partial charge in [-0.25, -0.2) is 4.98 Å². The fraction of sp³-hybridized carbons (Fsp3) is 0.0147. The molecule has 0 bridgehead atoms. The van der Waals surface area contributed by atoms with Crippen molar-refractivity contribution >= 4 is 65.3 Å². The van der Waals surface area contributed by atoms with Crippen LogP contribution in [0.1, 0.15) is 22.3 Å². The van der Waals surface area contributed by atoms with Gasteiger partial charge in [0, 0.05) is 49.3 Å². The number of pyridine rings is 1. The van der Waals surface area contributed by atoms with Crippen molar-refractivity contribution in [2.75, 3.05) is 0 Å². The maximum absolute atomic E-state index is 5.55. The minimum absolute atomic E-state index is 0.523. The van der Waals surface area contributed by atoms with Crippen molar-refractivity contribution in [2.24, 2.45) is 0 Å². The van der Waals surface area contributed by atoms with Crippen molar-refractivity contribution < 1.29 is 0 Å². The zero-order chi connectivity index (χ0) is 46.6. The number of nitrogens with zero attached hydrogens (tertiary/aromatic N) is 3. The maximum Gasteiger partial charge on any atom is 0.0788 e. The van der Waals surface area contributed by atoms with Gasteiger partial charge in [-0.1, -0.05) is 200 Å². The zero-order valence-electron chi connectivity index (χ0n) is 38.7. The maximum atomic E-state index is 5.55.